The Morgan fingerprint density at radius 3 is 2.52 bits per heavy atom. The van der Waals surface area contributed by atoms with Crippen LogP contribution < -0.4 is 10.6 Å². The quantitative estimate of drug-likeness (QED) is 0.420. The van der Waals surface area contributed by atoms with Crippen LogP contribution in [0, 0.1) is 5.92 Å². The second kappa shape index (κ2) is 11.0. The molecule has 25 heavy (non-hydrogen) atoms. The maximum absolute atomic E-state index is 4.40. The van der Waals surface area contributed by atoms with Crippen LogP contribution in [-0.2, 0) is 0 Å². The first-order chi connectivity index (χ1) is 12.1. The van der Waals surface area contributed by atoms with Gasteiger partial charge in [-0.1, -0.05) is 6.92 Å². The fraction of sp³-hybridized carbons (Fsp3) is 0.950. The SMILES string of the molecule is CN=C(NCCCCN1CCCC(C)C1)NC1CCN(C(C)C)CC1. The van der Waals surface area contributed by atoms with E-state index >= 15 is 0 Å². The summed E-state index contributed by atoms with van der Waals surface area (Å²) in [6.07, 6.45) is 7.72. The fourth-order valence-electron chi connectivity index (χ4n) is 4.11. The lowest BCUT2D eigenvalue weighted by atomic mass is 10.0. The molecular weight excluding hydrogens is 310 g/mol. The van der Waals surface area contributed by atoms with Crippen LogP contribution in [0.3, 0.4) is 0 Å². The van der Waals surface area contributed by atoms with E-state index in [4.69, 9.17) is 0 Å². The molecular formula is C20H41N5. The lowest BCUT2D eigenvalue weighted by Gasteiger charge is -2.35. The molecule has 5 heteroatoms. The summed E-state index contributed by atoms with van der Waals surface area (Å²) >= 11 is 0. The van der Waals surface area contributed by atoms with Gasteiger partial charge in [-0.2, -0.15) is 0 Å². The fourth-order valence-corrected chi connectivity index (χ4v) is 4.11. The molecule has 146 valence electrons. The van der Waals surface area contributed by atoms with Crippen molar-refractivity contribution in [2.45, 2.75) is 71.4 Å². The smallest absolute Gasteiger partial charge is 0.191 e. The van der Waals surface area contributed by atoms with E-state index in [1.807, 2.05) is 7.05 Å². The Balaban J connectivity index is 1.55. The van der Waals surface area contributed by atoms with Gasteiger partial charge in [0, 0.05) is 45.3 Å². The second-order valence-electron chi connectivity index (χ2n) is 8.30. The molecule has 2 aliphatic heterocycles. The van der Waals surface area contributed by atoms with Crippen LogP contribution in [0.4, 0.5) is 0 Å². The first-order valence-electron chi connectivity index (χ1n) is 10.5. The summed E-state index contributed by atoms with van der Waals surface area (Å²) in [5.41, 5.74) is 0. The maximum atomic E-state index is 4.40. The molecule has 0 aromatic carbocycles. The lowest BCUT2D eigenvalue weighted by Crippen LogP contribution is -2.50. The van der Waals surface area contributed by atoms with Crippen molar-refractivity contribution < 1.29 is 0 Å². The molecule has 0 spiro atoms. The number of nitrogens with zero attached hydrogens (tertiary/aromatic N) is 3. The molecule has 0 aromatic heterocycles. The van der Waals surface area contributed by atoms with Crippen molar-refractivity contribution in [2.75, 3.05) is 46.3 Å². The Morgan fingerprint density at radius 1 is 1.12 bits per heavy atom. The van der Waals surface area contributed by atoms with E-state index in [0.29, 0.717) is 12.1 Å². The zero-order chi connectivity index (χ0) is 18.1. The van der Waals surface area contributed by atoms with Crippen LogP contribution in [-0.4, -0.2) is 74.2 Å². The van der Waals surface area contributed by atoms with Gasteiger partial charge in [0.2, 0.25) is 0 Å². The van der Waals surface area contributed by atoms with E-state index in [9.17, 15) is 0 Å². The zero-order valence-corrected chi connectivity index (χ0v) is 17.1. The Bertz CT molecular complexity index is 388. The number of likely N-dealkylation sites (tertiary alicyclic amines) is 2. The van der Waals surface area contributed by atoms with Crippen molar-refractivity contribution in [3.63, 3.8) is 0 Å². The molecule has 0 aliphatic carbocycles. The number of guanidine groups is 1. The summed E-state index contributed by atoms with van der Waals surface area (Å²) in [5, 5.41) is 7.12. The van der Waals surface area contributed by atoms with Gasteiger partial charge in [-0.05, 0) is 71.4 Å². The number of aliphatic imine (C=N–C) groups is 1. The average Bonchev–Trinajstić information content (AvgIpc) is 2.61. The Labute approximate surface area is 155 Å². The third kappa shape index (κ3) is 7.53. The molecule has 1 atom stereocenters. The minimum Gasteiger partial charge on any atom is -0.356 e. The van der Waals surface area contributed by atoms with Gasteiger partial charge >= 0.3 is 0 Å². The molecule has 0 bridgehead atoms. The Morgan fingerprint density at radius 2 is 1.88 bits per heavy atom. The number of hydrogen-bond donors (Lipinski definition) is 2. The number of nitrogens with one attached hydrogen (secondary N) is 2. The number of hydrogen-bond acceptors (Lipinski definition) is 3. The number of piperidine rings is 2. The highest BCUT2D eigenvalue weighted by atomic mass is 15.2. The van der Waals surface area contributed by atoms with Crippen LogP contribution in [0.15, 0.2) is 4.99 Å². The molecule has 2 saturated heterocycles. The predicted molar refractivity (Wildman–Crippen MR) is 108 cm³/mol. The molecule has 5 nitrogen and oxygen atoms in total. The van der Waals surface area contributed by atoms with Crippen LogP contribution in [0.5, 0.6) is 0 Å². The van der Waals surface area contributed by atoms with Gasteiger partial charge in [-0.15, -0.1) is 0 Å². The zero-order valence-electron chi connectivity index (χ0n) is 17.1. The van der Waals surface area contributed by atoms with Crippen LogP contribution in [0.25, 0.3) is 0 Å². The average molecular weight is 352 g/mol. The molecule has 2 heterocycles. The molecule has 0 radical (unpaired) electrons. The van der Waals surface area contributed by atoms with Crippen molar-refractivity contribution in [3.8, 4) is 0 Å². The highest BCUT2D eigenvalue weighted by Crippen LogP contribution is 2.15. The highest BCUT2D eigenvalue weighted by molar-refractivity contribution is 5.79. The number of rotatable bonds is 7. The van der Waals surface area contributed by atoms with Crippen LogP contribution in [0.1, 0.15) is 59.3 Å². The van der Waals surface area contributed by atoms with Gasteiger partial charge in [0.1, 0.15) is 0 Å². The van der Waals surface area contributed by atoms with Gasteiger partial charge in [-0.25, -0.2) is 0 Å². The summed E-state index contributed by atoms with van der Waals surface area (Å²) in [6, 6.07) is 1.23. The molecule has 0 saturated carbocycles. The topological polar surface area (TPSA) is 42.9 Å². The van der Waals surface area contributed by atoms with E-state index in [0.717, 1.165) is 18.4 Å². The van der Waals surface area contributed by atoms with Crippen molar-refractivity contribution >= 4 is 5.96 Å². The van der Waals surface area contributed by atoms with E-state index in [1.165, 1.54) is 71.2 Å². The maximum Gasteiger partial charge on any atom is 0.191 e. The monoisotopic (exact) mass is 351 g/mol. The largest absolute Gasteiger partial charge is 0.356 e. The molecule has 0 amide bonds. The van der Waals surface area contributed by atoms with E-state index < -0.39 is 0 Å². The Kier molecular flexibility index (Phi) is 9.04. The van der Waals surface area contributed by atoms with Crippen LogP contribution in [0.2, 0.25) is 0 Å². The summed E-state index contributed by atoms with van der Waals surface area (Å²) in [6.45, 7) is 14.2. The van der Waals surface area contributed by atoms with Crippen molar-refractivity contribution in [1.82, 2.24) is 20.4 Å². The van der Waals surface area contributed by atoms with Crippen molar-refractivity contribution in [1.29, 1.82) is 0 Å². The molecule has 2 rings (SSSR count). The van der Waals surface area contributed by atoms with Gasteiger partial charge in [0.25, 0.3) is 0 Å². The van der Waals surface area contributed by atoms with Gasteiger partial charge in [0.05, 0.1) is 0 Å². The number of unbranched alkanes of at least 4 members (excludes halogenated alkanes) is 1. The molecule has 0 aromatic rings. The summed E-state index contributed by atoms with van der Waals surface area (Å²) in [5.74, 6) is 1.87. The lowest BCUT2D eigenvalue weighted by molar-refractivity contribution is 0.167. The summed E-state index contributed by atoms with van der Waals surface area (Å²) < 4.78 is 0. The molecule has 2 fully saturated rings. The molecule has 2 N–H and O–H groups in total. The standard InChI is InChI=1S/C20H41N5/c1-17(2)25-14-9-19(10-15-25)23-20(21-4)22-11-5-6-12-24-13-7-8-18(3)16-24/h17-19H,5-16H2,1-4H3,(H2,21,22,23). The van der Waals surface area contributed by atoms with Crippen molar-refractivity contribution in [2.24, 2.45) is 10.9 Å². The minimum atomic E-state index is 0.566. The predicted octanol–water partition coefficient (Wildman–Crippen LogP) is 2.54. The molecule has 2 aliphatic rings. The normalized spacial score (nSPS) is 24.7. The molecule has 1 unspecified atom stereocenters. The second-order valence-corrected chi connectivity index (χ2v) is 8.30. The summed E-state index contributed by atoms with van der Waals surface area (Å²) in [7, 11) is 1.88. The van der Waals surface area contributed by atoms with Crippen molar-refractivity contribution in [3.05, 3.63) is 0 Å². The van der Waals surface area contributed by atoms with E-state index in [2.05, 4.69) is 46.2 Å². The third-order valence-corrected chi connectivity index (χ3v) is 5.76. The highest BCUT2D eigenvalue weighted by Gasteiger charge is 2.21. The van der Waals surface area contributed by atoms with E-state index in [1.54, 1.807) is 0 Å². The third-order valence-electron chi connectivity index (χ3n) is 5.76. The van der Waals surface area contributed by atoms with Gasteiger partial charge in [0.15, 0.2) is 5.96 Å². The summed E-state index contributed by atoms with van der Waals surface area (Å²) in [4.78, 5) is 9.61. The van der Waals surface area contributed by atoms with E-state index in [-0.39, 0.29) is 0 Å². The first-order valence-corrected chi connectivity index (χ1v) is 10.5. The first kappa shape index (κ1) is 20.5. The van der Waals surface area contributed by atoms with Gasteiger partial charge < -0.3 is 20.4 Å². The Hall–Kier alpha value is -0.810. The minimum absolute atomic E-state index is 0.566. The van der Waals surface area contributed by atoms with Crippen LogP contribution >= 0.6 is 0 Å². The van der Waals surface area contributed by atoms with Gasteiger partial charge in [-0.3, -0.25) is 4.99 Å².